The monoisotopic (exact) mass is 228 g/mol. The number of pyridine rings is 1. The zero-order valence-corrected chi connectivity index (χ0v) is 8.70. The molecule has 84 valence electrons. The van der Waals surface area contributed by atoms with Gasteiger partial charge in [-0.05, 0) is 12.1 Å². The molecule has 6 heteroatoms. The minimum absolute atomic E-state index is 0.312. The summed E-state index contributed by atoms with van der Waals surface area (Å²) in [6, 6.07) is 7.11. The van der Waals surface area contributed by atoms with Gasteiger partial charge in [-0.1, -0.05) is 11.2 Å². The van der Waals surface area contributed by atoms with Crippen LogP contribution in [0.2, 0.25) is 0 Å². The summed E-state index contributed by atoms with van der Waals surface area (Å²) in [4.78, 5) is 16.0. The van der Waals surface area contributed by atoms with Crippen molar-refractivity contribution in [3.63, 3.8) is 0 Å². The first-order valence-corrected chi connectivity index (χ1v) is 4.98. The molecule has 1 N–H and O–H groups in total. The minimum atomic E-state index is -0.312. The van der Waals surface area contributed by atoms with E-state index >= 15 is 0 Å². The molecule has 0 aliphatic rings. The fourth-order valence-electron chi connectivity index (χ4n) is 1.57. The lowest BCUT2D eigenvalue weighted by molar-refractivity contribution is 0.102. The summed E-state index contributed by atoms with van der Waals surface area (Å²) in [6.07, 6.45) is 4.81. The molecule has 3 aromatic rings. The summed E-state index contributed by atoms with van der Waals surface area (Å²) < 4.78 is 6.41. The van der Waals surface area contributed by atoms with Crippen LogP contribution in [0.3, 0.4) is 0 Å². The molecular weight excluding hydrogens is 220 g/mol. The van der Waals surface area contributed by atoms with Gasteiger partial charge in [0.25, 0.3) is 5.91 Å². The maximum Gasteiger partial charge on any atom is 0.277 e. The Morgan fingerprint density at radius 2 is 2.29 bits per heavy atom. The molecule has 6 nitrogen and oxygen atoms in total. The second-order valence-corrected chi connectivity index (χ2v) is 3.43. The molecule has 0 aliphatic carbocycles. The number of hydrogen-bond donors (Lipinski definition) is 1. The van der Waals surface area contributed by atoms with E-state index in [1.807, 2.05) is 24.4 Å². The smallest absolute Gasteiger partial charge is 0.277 e. The number of carbonyl (C=O) groups is 1. The molecule has 0 bridgehead atoms. The highest BCUT2D eigenvalue weighted by Crippen LogP contribution is 2.11. The van der Waals surface area contributed by atoms with Crippen LogP contribution in [0.4, 0.5) is 5.82 Å². The molecule has 3 rings (SSSR count). The van der Waals surface area contributed by atoms with Crippen molar-refractivity contribution in [2.24, 2.45) is 0 Å². The van der Waals surface area contributed by atoms with Crippen LogP contribution in [-0.4, -0.2) is 20.4 Å². The van der Waals surface area contributed by atoms with E-state index in [0.29, 0.717) is 11.5 Å². The Kier molecular flexibility index (Phi) is 2.11. The first-order chi connectivity index (χ1) is 8.34. The Balaban J connectivity index is 1.96. The fraction of sp³-hybridized carbons (Fsp3) is 0. The molecule has 0 fully saturated rings. The van der Waals surface area contributed by atoms with Crippen LogP contribution >= 0.6 is 0 Å². The van der Waals surface area contributed by atoms with Gasteiger partial charge in [-0.2, -0.15) is 0 Å². The average Bonchev–Trinajstić information content (AvgIpc) is 2.96. The Hall–Kier alpha value is -2.63. The lowest BCUT2D eigenvalue weighted by atomic mass is 10.3. The number of imidazole rings is 1. The number of aromatic nitrogens is 3. The van der Waals surface area contributed by atoms with Gasteiger partial charge < -0.3 is 14.2 Å². The summed E-state index contributed by atoms with van der Waals surface area (Å²) in [5.74, 6) is 0.0553. The van der Waals surface area contributed by atoms with Crippen LogP contribution in [-0.2, 0) is 0 Å². The van der Waals surface area contributed by atoms with Crippen molar-refractivity contribution in [1.82, 2.24) is 14.5 Å². The number of fused-ring (bicyclic) bond motifs is 1. The van der Waals surface area contributed by atoms with Crippen molar-refractivity contribution in [3.8, 4) is 0 Å². The van der Waals surface area contributed by atoms with Gasteiger partial charge in [-0.15, -0.1) is 0 Å². The average molecular weight is 228 g/mol. The van der Waals surface area contributed by atoms with E-state index in [0.717, 1.165) is 5.52 Å². The molecule has 0 unspecified atom stereocenters. The molecule has 0 aromatic carbocycles. The topological polar surface area (TPSA) is 72.4 Å². The van der Waals surface area contributed by atoms with Crippen LogP contribution in [0.5, 0.6) is 0 Å². The fourth-order valence-corrected chi connectivity index (χ4v) is 1.57. The Labute approximate surface area is 95.9 Å². The van der Waals surface area contributed by atoms with Crippen molar-refractivity contribution in [2.45, 2.75) is 0 Å². The van der Waals surface area contributed by atoms with E-state index in [9.17, 15) is 4.79 Å². The predicted octanol–water partition coefficient (Wildman–Crippen LogP) is 1.57. The lowest BCUT2D eigenvalue weighted by Crippen LogP contribution is -2.12. The molecule has 0 radical (unpaired) electrons. The van der Waals surface area contributed by atoms with Gasteiger partial charge in [0.2, 0.25) is 0 Å². The van der Waals surface area contributed by atoms with Crippen LogP contribution in [0, 0.1) is 0 Å². The number of nitrogens with zero attached hydrogens (tertiary/aromatic N) is 3. The highest BCUT2D eigenvalue weighted by atomic mass is 16.5. The number of anilines is 1. The highest BCUT2D eigenvalue weighted by molar-refractivity contribution is 6.06. The van der Waals surface area contributed by atoms with Gasteiger partial charge in [0.05, 0.1) is 5.52 Å². The van der Waals surface area contributed by atoms with Crippen LogP contribution in [0.25, 0.3) is 5.52 Å². The first-order valence-electron chi connectivity index (χ1n) is 4.98. The molecule has 0 saturated heterocycles. The quantitative estimate of drug-likeness (QED) is 0.722. The summed E-state index contributed by atoms with van der Waals surface area (Å²) in [7, 11) is 0. The molecule has 1 amide bonds. The second-order valence-electron chi connectivity index (χ2n) is 3.43. The molecule has 0 saturated carbocycles. The SMILES string of the molecule is O=C(Nc1ccon1)c1ncn2ccccc12. The third-order valence-electron chi connectivity index (χ3n) is 2.34. The van der Waals surface area contributed by atoms with Crippen molar-refractivity contribution in [1.29, 1.82) is 0 Å². The zero-order chi connectivity index (χ0) is 11.7. The zero-order valence-electron chi connectivity index (χ0n) is 8.70. The summed E-state index contributed by atoms with van der Waals surface area (Å²) in [5, 5.41) is 6.20. The van der Waals surface area contributed by atoms with Crippen LogP contribution in [0.1, 0.15) is 10.5 Å². The largest absolute Gasteiger partial charge is 0.363 e. The van der Waals surface area contributed by atoms with Crippen molar-refractivity contribution < 1.29 is 9.32 Å². The van der Waals surface area contributed by atoms with Crippen molar-refractivity contribution in [3.05, 3.63) is 48.7 Å². The normalized spacial score (nSPS) is 10.6. The molecule has 3 aromatic heterocycles. The standard InChI is InChI=1S/C11H8N4O2/c16-11(13-9-4-6-17-14-9)10-8-3-1-2-5-15(8)7-12-10/h1-7H,(H,13,14,16). The maximum absolute atomic E-state index is 11.9. The molecule has 17 heavy (non-hydrogen) atoms. The van der Waals surface area contributed by atoms with Crippen molar-refractivity contribution >= 4 is 17.2 Å². The predicted molar refractivity (Wildman–Crippen MR) is 59.6 cm³/mol. The van der Waals surface area contributed by atoms with Gasteiger partial charge in [0.15, 0.2) is 11.5 Å². The number of hydrogen-bond acceptors (Lipinski definition) is 4. The van der Waals surface area contributed by atoms with E-state index in [1.54, 1.807) is 16.8 Å². The number of amides is 1. The molecular formula is C11H8N4O2. The third-order valence-corrected chi connectivity index (χ3v) is 2.34. The molecule has 0 atom stereocenters. The van der Waals surface area contributed by atoms with Crippen molar-refractivity contribution in [2.75, 3.05) is 5.32 Å². The molecule has 0 spiro atoms. The first kappa shape index (κ1) is 9.59. The van der Waals surface area contributed by atoms with Crippen LogP contribution in [0.15, 0.2) is 47.6 Å². The minimum Gasteiger partial charge on any atom is -0.363 e. The van der Waals surface area contributed by atoms with Crippen LogP contribution < -0.4 is 5.32 Å². The maximum atomic E-state index is 11.9. The van der Waals surface area contributed by atoms with Gasteiger partial charge in [-0.25, -0.2) is 4.98 Å². The molecule has 0 aliphatic heterocycles. The van der Waals surface area contributed by atoms with Gasteiger partial charge in [-0.3, -0.25) is 4.79 Å². The second kappa shape index (κ2) is 3.75. The summed E-state index contributed by atoms with van der Waals surface area (Å²) >= 11 is 0. The highest BCUT2D eigenvalue weighted by Gasteiger charge is 2.13. The number of carbonyl (C=O) groups excluding carboxylic acids is 1. The Morgan fingerprint density at radius 1 is 1.35 bits per heavy atom. The molecule has 3 heterocycles. The lowest BCUT2D eigenvalue weighted by Gasteiger charge is -1.98. The van der Waals surface area contributed by atoms with E-state index in [-0.39, 0.29) is 5.91 Å². The number of rotatable bonds is 2. The third kappa shape index (κ3) is 1.65. The number of nitrogens with one attached hydrogen (secondary N) is 1. The Bertz CT molecular complexity index is 657. The Morgan fingerprint density at radius 3 is 3.12 bits per heavy atom. The van der Waals surface area contributed by atoms with E-state index in [4.69, 9.17) is 0 Å². The van der Waals surface area contributed by atoms with E-state index < -0.39 is 0 Å². The van der Waals surface area contributed by atoms with E-state index in [1.165, 1.54) is 6.26 Å². The van der Waals surface area contributed by atoms with Gasteiger partial charge >= 0.3 is 0 Å². The summed E-state index contributed by atoms with van der Waals surface area (Å²) in [5.41, 5.74) is 1.10. The summed E-state index contributed by atoms with van der Waals surface area (Å²) in [6.45, 7) is 0. The van der Waals surface area contributed by atoms with E-state index in [2.05, 4.69) is 20.0 Å². The van der Waals surface area contributed by atoms with Gasteiger partial charge in [0.1, 0.15) is 12.6 Å². The van der Waals surface area contributed by atoms with Gasteiger partial charge in [0, 0.05) is 12.3 Å².